The second-order valence-corrected chi connectivity index (χ2v) is 4.22. The smallest absolute Gasteiger partial charge is 0.195 e. The zero-order valence-corrected chi connectivity index (χ0v) is 9.36. The van der Waals surface area contributed by atoms with Gasteiger partial charge in [0, 0.05) is 19.9 Å². The Morgan fingerprint density at radius 1 is 1.67 bits per heavy atom. The van der Waals surface area contributed by atoms with Gasteiger partial charge in [0.15, 0.2) is 5.78 Å². The van der Waals surface area contributed by atoms with Crippen molar-refractivity contribution in [2.45, 2.75) is 26.4 Å². The number of aryl methyl sites for hydroxylation is 2. The van der Waals surface area contributed by atoms with Crippen LogP contribution >= 0.6 is 0 Å². The summed E-state index contributed by atoms with van der Waals surface area (Å²) in [5.41, 5.74) is 1.47. The first-order valence-corrected chi connectivity index (χ1v) is 5.25. The molecular formula is C11H16N2O2. The molecule has 0 spiro atoms. The van der Waals surface area contributed by atoms with Gasteiger partial charge in [-0.3, -0.25) is 9.48 Å². The fourth-order valence-electron chi connectivity index (χ4n) is 2.03. The summed E-state index contributed by atoms with van der Waals surface area (Å²) in [6.07, 6.45) is 2.47. The minimum absolute atomic E-state index is 0.0746. The highest BCUT2D eigenvalue weighted by atomic mass is 16.5. The van der Waals surface area contributed by atoms with Crippen molar-refractivity contribution in [2.75, 3.05) is 6.61 Å². The summed E-state index contributed by atoms with van der Waals surface area (Å²) in [5, 5.41) is 4.17. The average Bonchev–Trinajstić information content (AvgIpc) is 2.71. The number of carbonyl (C=O) groups excluding carboxylic acids is 1. The molecule has 1 saturated heterocycles. The van der Waals surface area contributed by atoms with Crippen molar-refractivity contribution < 1.29 is 9.53 Å². The van der Waals surface area contributed by atoms with Crippen LogP contribution in [0.4, 0.5) is 0 Å². The highest BCUT2D eigenvalue weighted by Crippen LogP contribution is 2.24. The molecule has 1 aromatic rings. The van der Waals surface area contributed by atoms with E-state index in [1.165, 1.54) is 0 Å². The number of aromatic nitrogens is 2. The van der Waals surface area contributed by atoms with Crippen molar-refractivity contribution in [1.29, 1.82) is 0 Å². The molecule has 1 aliphatic rings. The SMILES string of the molecule is Cc1nn(C)cc1C(=O)C1OCCC1C. The molecule has 2 rings (SSSR count). The second kappa shape index (κ2) is 3.77. The normalized spacial score (nSPS) is 25.8. The Hall–Kier alpha value is -1.16. The summed E-state index contributed by atoms with van der Waals surface area (Å²) >= 11 is 0. The molecule has 2 atom stereocenters. The molecule has 0 bridgehead atoms. The van der Waals surface area contributed by atoms with Gasteiger partial charge in [-0.2, -0.15) is 5.10 Å². The molecule has 15 heavy (non-hydrogen) atoms. The minimum Gasteiger partial charge on any atom is -0.370 e. The maximum absolute atomic E-state index is 12.1. The van der Waals surface area contributed by atoms with Crippen LogP contribution < -0.4 is 0 Å². The van der Waals surface area contributed by atoms with Crippen molar-refractivity contribution in [1.82, 2.24) is 9.78 Å². The molecular weight excluding hydrogens is 192 g/mol. The summed E-state index contributed by atoms with van der Waals surface area (Å²) in [5.74, 6) is 0.391. The Morgan fingerprint density at radius 3 is 2.87 bits per heavy atom. The number of ether oxygens (including phenoxy) is 1. The second-order valence-electron chi connectivity index (χ2n) is 4.22. The van der Waals surface area contributed by atoms with E-state index in [2.05, 4.69) is 12.0 Å². The molecule has 0 aromatic carbocycles. The van der Waals surface area contributed by atoms with E-state index in [0.29, 0.717) is 18.1 Å². The van der Waals surface area contributed by atoms with E-state index in [-0.39, 0.29) is 11.9 Å². The maximum atomic E-state index is 12.1. The fraction of sp³-hybridized carbons (Fsp3) is 0.636. The molecule has 0 aliphatic carbocycles. The molecule has 4 heteroatoms. The topological polar surface area (TPSA) is 44.1 Å². The highest BCUT2D eigenvalue weighted by Gasteiger charge is 2.32. The predicted molar refractivity (Wildman–Crippen MR) is 55.8 cm³/mol. The maximum Gasteiger partial charge on any atom is 0.195 e. The van der Waals surface area contributed by atoms with Crippen molar-refractivity contribution in [3.63, 3.8) is 0 Å². The molecule has 4 nitrogen and oxygen atoms in total. The third-order valence-electron chi connectivity index (χ3n) is 2.92. The molecule has 2 unspecified atom stereocenters. The minimum atomic E-state index is -0.270. The Bertz CT molecular complexity index is 384. The molecule has 0 radical (unpaired) electrons. The summed E-state index contributed by atoms with van der Waals surface area (Å²) in [6.45, 7) is 4.60. The summed E-state index contributed by atoms with van der Waals surface area (Å²) in [6, 6.07) is 0. The van der Waals surface area contributed by atoms with Crippen molar-refractivity contribution in [3.8, 4) is 0 Å². The first-order valence-electron chi connectivity index (χ1n) is 5.25. The van der Waals surface area contributed by atoms with Gasteiger partial charge in [0.25, 0.3) is 0 Å². The fourth-order valence-corrected chi connectivity index (χ4v) is 2.03. The molecule has 1 aromatic heterocycles. The molecule has 2 heterocycles. The number of nitrogens with zero attached hydrogens (tertiary/aromatic N) is 2. The zero-order valence-electron chi connectivity index (χ0n) is 9.36. The van der Waals surface area contributed by atoms with Crippen molar-refractivity contribution >= 4 is 5.78 Å². The third-order valence-corrected chi connectivity index (χ3v) is 2.92. The summed E-state index contributed by atoms with van der Waals surface area (Å²) < 4.78 is 7.13. The lowest BCUT2D eigenvalue weighted by Gasteiger charge is -2.12. The van der Waals surface area contributed by atoms with Crippen LogP contribution in [0.1, 0.15) is 29.4 Å². The third kappa shape index (κ3) is 1.81. The van der Waals surface area contributed by atoms with E-state index < -0.39 is 0 Å². The number of Topliss-reactive ketones (excluding diaryl/α,β-unsaturated/α-hetero) is 1. The molecule has 82 valence electrons. The number of hydrogen-bond acceptors (Lipinski definition) is 3. The largest absolute Gasteiger partial charge is 0.370 e. The molecule has 0 saturated carbocycles. The van der Waals surface area contributed by atoms with Gasteiger partial charge < -0.3 is 4.74 Å². The van der Waals surface area contributed by atoms with Gasteiger partial charge in [0.05, 0.1) is 11.3 Å². The van der Waals surface area contributed by atoms with Gasteiger partial charge in [0.2, 0.25) is 0 Å². The standard InChI is InChI=1S/C11H16N2O2/c1-7-4-5-15-11(7)10(14)9-6-13(3)12-8(9)2/h6-7,11H,4-5H2,1-3H3. The van der Waals surface area contributed by atoms with Crippen LogP contribution in [0.25, 0.3) is 0 Å². The Kier molecular flexibility index (Phi) is 2.61. The predicted octanol–water partition coefficient (Wildman–Crippen LogP) is 1.34. The van der Waals surface area contributed by atoms with Gasteiger partial charge >= 0.3 is 0 Å². The van der Waals surface area contributed by atoms with Gasteiger partial charge in [0.1, 0.15) is 6.10 Å². The highest BCUT2D eigenvalue weighted by molar-refractivity contribution is 6.00. The van der Waals surface area contributed by atoms with E-state index in [0.717, 1.165) is 12.1 Å². The van der Waals surface area contributed by atoms with Crippen LogP contribution in [-0.4, -0.2) is 28.3 Å². The lowest BCUT2D eigenvalue weighted by Crippen LogP contribution is -2.25. The van der Waals surface area contributed by atoms with E-state index in [1.54, 1.807) is 10.9 Å². The van der Waals surface area contributed by atoms with Gasteiger partial charge in [-0.25, -0.2) is 0 Å². The Balaban J connectivity index is 2.24. The van der Waals surface area contributed by atoms with Gasteiger partial charge in [-0.1, -0.05) is 6.92 Å². The van der Waals surface area contributed by atoms with E-state index in [1.807, 2.05) is 14.0 Å². The quantitative estimate of drug-likeness (QED) is 0.689. The van der Waals surface area contributed by atoms with Crippen LogP contribution in [0.2, 0.25) is 0 Å². The number of rotatable bonds is 2. The summed E-state index contributed by atoms with van der Waals surface area (Å²) in [7, 11) is 1.82. The molecule has 0 N–H and O–H groups in total. The molecule has 1 aliphatic heterocycles. The van der Waals surface area contributed by atoms with E-state index in [9.17, 15) is 4.79 Å². The van der Waals surface area contributed by atoms with Gasteiger partial charge in [-0.15, -0.1) is 0 Å². The monoisotopic (exact) mass is 208 g/mol. The molecule has 0 amide bonds. The lowest BCUT2D eigenvalue weighted by atomic mass is 9.97. The number of ketones is 1. The molecule has 1 fully saturated rings. The average molecular weight is 208 g/mol. The van der Waals surface area contributed by atoms with Crippen LogP contribution in [-0.2, 0) is 11.8 Å². The zero-order chi connectivity index (χ0) is 11.0. The van der Waals surface area contributed by atoms with Crippen LogP contribution in [0, 0.1) is 12.8 Å². The summed E-state index contributed by atoms with van der Waals surface area (Å²) in [4.78, 5) is 12.1. The number of hydrogen-bond donors (Lipinski definition) is 0. The van der Waals surface area contributed by atoms with Crippen LogP contribution in [0.3, 0.4) is 0 Å². The van der Waals surface area contributed by atoms with Crippen LogP contribution in [0.5, 0.6) is 0 Å². The first kappa shape index (κ1) is 10.4. The first-order chi connectivity index (χ1) is 7.09. The lowest BCUT2D eigenvalue weighted by molar-refractivity contribution is 0.0578. The van der Waals surface area contributed by atoms with Crippen LogP contribution in [0.15, 0.2) is 6.20 Å². The number of carbonyl (C=O) groups is 1. The Morgan fingerprint density at radius 2 is 2.40 bits per heavy atom. The van der Waals surface area contributed by atoms with E-state index >= 15 is 0 Å². The van der Waals surface area contributed by atoms with Crippen molar-refractivity contribution in [2.24, 2.45) is 13.0 Å². The van der Waals surface area contributed by atoms with Gasteiger partial charge in [-0.05, 0) is 19.3 Å². The van der Waals surface area contributed by atoms with Crippen molar-refractivity contribution in [3.05, 3.63) is 17.5 Å². The Labute approximate surface area is 89.2 Å². The van der Waals surface area contributed by atoms with E-state index in [4.69, 9.17) is 4.74 Å².